The summed E-state index contributed by atoms with van der Waals surface area (Å²) in [4.78, 5) is 11.2. The molecule has 32 heavy (non-hydrogen) atoms. The third kappa shape index (κ3) is 5.60. The molecule has 1 heterocycles. The number of ether oxygens (including phenoxy) is 2. The van der Waals surface area contributed by atoms with Crippen molar-refractivity contribution in [3.63, 3.8) is 0 Å². The van der Waals surface area contributed by atoms with Crippen LogP contribution in [-0.4, -0.2) is 39.4 Å². The van der Waals surface area contributed by atoms with Crippen molar-refractivity contribution in [2.75, 3.05) is 19.8 Å². The van der Waals surface area contributed by atoms with Gasteiger partial charge in [-0.1, -0.05) is 39.8 Å². The first-order chi connectivity index (χ1) is 15.3. The topological polar surface area (TPSA) is 92.3 Å². The first-order valence-corrected chi connectivity index (χ1v) is 11.9. The predicted octanol–water partition coefficient (Wildman–Crippen LogP) is 5.55. The van der Waals surface area contributed by atoms with E-state index in [1.165, 1.54) is 11.8 Å². The van der Waals surface area contributed by atoms with Crippen LogP contribution in [0.4, 0.5) is 0 Å². The van der Waals surface area contributed by atoms with Crippen LogP contribution in [-0.2, 0) is 0 Å². The molecule has 3 aromatic rings. The molecule has 10 heteroatoms. The van der Waals surface area contributed by atoms with Crippen molar-refractivity contribution in [3.8, 4) is 17.2 Å². The van der Waals surface area contributed by atoms with Crippen molar-refractivity contribution in [3.05, 3.63) is 67.9 Å². The molecule has 0 aliphatic carbocycles. The van der Waals surface area contributed by atoms with E-state index in [-0.39, 0.29) is 11.5 Å². The van der Waals surface area contributed by atoms with Gasteiger partial charge in [-0.05, 0) is 63.1 Å². The number of nitrogens with zero attached hydrogens (tertiary/aromatic N) is 4. The molecule has 8 nitrogen and oxygen atoms in total. The van der Waals surface area contributed by atoms with Gasteiger partial charge in [-0.15, -0.1) is 10.2 Å². The summed E-state index contributed by atoms with van der Waals surface area (Å²) < 4.78 is 14.0. The first-order valence-electron chi connectivity index (χ1n) is 10.2. The van der Waals surface area contributed by atoms with Gasteiger partial charge >= 0.3 is 0 Å². The molecule has 0 saturated carbocycles. The van der Waals surface area contributed by atoms with Crippen LogP contribution in [0, 0.1) is 24.0 Å². The van der Waals surface area contributed by atoms with Crippen molar-refractivity contribution >= 4 is 27.7 Å². The van der Waals surface area contributed by atoms with Crippen LogP contribution >= 0.6 is 27.7 Å². The number of aromatic nitrogens is 3. The maximum Gasteiger partial charge on any atom is 0.220 e. The number of halogens is 1. The van der Waals surface area contributed by atoms with E-state index < -0.39 is 5.25 Å². The van der Waals surface area contributed by atoms with Gasteiger partial charge in [-0.2, -0.15) is 0 Å². The highest BCUT2D eigenvalue weighted by atomic mass is 79.9. The van der Waals surface area contributed by atoms with Gasteiger partial charge in [0.15, 0.2) is 16.7 Å². The largest absolute Gasteiger partial charge is 0.490 e. The Morgan fingerprint density at radius 2 is 1.81 bits per heavy atom. The van der Waals surface area contributed by atoms with Crippen LogP contribution in [0.1, 0.15) is 36.0 Å². The van der Waals surface area contributed by atoms with Gasteiger partial charge < -0.3 is 9.47 Å². The summed E-state index contributed by atoms with van der Waals surface area (Å²) in [7, 11) is 0. The van der Waals surface area contributed by atoms with Crippen molar-refractivity contribution < 1.29 is 14.4 Å². The zero-order valence-corrected chi connectivity index (χ0v) is 20.8. The molecular formula is C22H25BrN4O4S. The van der Waals surface area contributed by atoms with Gasteiger partial charge in [-0.25, -0.2) is 0 Å². The molecule has 2 aromatic carbocycles. The first kappa shape index (κ1) is 24.1. The molecule has 0 amide bonds. The number of thioether (sulfide) groups is 1. The Morgan fingerprint density at radius 1 is 1.12 bits per heavy atom. The van der Waals surface area contributed by atoms with Gasteiger partial charge in [0.25, 0.3) is 0 Å². The highest BCUT2D eigenvalue weighted by Gasteiger charge is 2.27. The van der Waals surface area contributed by atoms with E-state index >= 15 is 0 Å². The zero-order chi connectivity index (χ0) is 23.3. The van der Waals surface area contributed by atoms with Crippen LogP contribution in [0.25, 0.3) is 5.69 Å². The lowest BCUT2D eigenvalue weighted by Gasteiger charge is -2.19. The van der Waals surface area contributed by atoms with E-state index in [9.17, 15) is 10.1 Å². The average molecular weight is 521 g/mol. The van der Waals surface area contributed by atoms with Gasteiger partial charge in [0.05, 0.1) is 13.2 Å². The van der Waals surface area contributed by atoms with Gasteiger partial charge in [0.2, 0.25) is 6.54 Å². The normalized spacial score (nSPS) is 11.9. The van der Waals surface area contributed by atoms with Crippen molar-refractivity contribution in [1.82, 2.24) is 14.8 Å². The number of nitro groups is 1. The number of aryl methyl sites for hydroxylation is 2. The number of hydrogen-bond donors (Lipinski definition) is 0. The molecule has 0 N–H and O–H groups in total. The van der Waals surface area contributed by atoms with E-state index in [2.05, 4.69) is 26.1 Å². The highest BCUT2D eigenvalue weighted by Crippen LogP contribution is 2.43. The summed E-state index contributed by atoms with van der Waals surface area (Å²) in [5, 5.41) is 20.1. The Balaban J connectivity index is 2.05. The van der Waals surface area contributed by atoms with Crippen molar-refractivity contribution in [2.24, 2.45) is 0 Å². The van der Waals surface area contributed by atoms with Crippen molar-refractivity contribution in [2.45, 2.75) is 38.1 Å². The second-order valence-electron chi connectivity index (χ2n) is 7.01. The second kappa shape index (κ2) is 10.8. The Kier molecular flexibility index (Phi) is 8.14. The summed E-state index contributed by atoms with van der Waals surface area (Å²) >= 11 is 4.87. The quantitative estimate of drug-likeness (QED) is 0.196. The lowest BCUT2D eigenvalue weighted by atomic mass is 10.1. The van der Waals surface area contributed by atoms with Crippen LogP contribution in [0.15, 0.2) is 46.0 Å². The van der Waals surface area contributed by atoms with E-state index in [1.807, 2.05) is 56.5 Å². The number of benzene rings is 2. The highest BCUT2D eigenvalue weighted by molar-refractivity contribution is 9.10. The van der Waals surface area contributed by atoms with E-state index in [0.717, 1.165) is 16.8 Å². The SMILES string of the molecule is CCOc1cc(Br)c([C@@H](C[N+](=O)[O-])Sc2nnc(C)n2-c2cccc(C)c2)cc1OCC. The standard InChI is InChI=1S/C22H25BrN4O4S/c1-5-30-19-11-17(18(23)12-20(19)31-6-2)21(13-26(28)29)32-22-25-24-15(4)27(22)16-9-7-8-14(3)10-16/h7-12,21H,5-6,13H2,1-4H3/t21-/m1/s1. The molecule has 0 radical (unpaired) electrons. The van der Waals surface area contributed by atoms with Gasteiger partial charge in [0.1, 0.15) is 11.1 Å². The van der Waals surface area contributed by atoms with Crippen LogP contribution in [0.3, 0.4) is 0 Å². The molecule has 170 valence electrons. The molecule has 0 saturated heterocycles. The Labute approximate surface area is 199 Å². The smallest absolute Gasteiger partial charge is 0.220 e. The minimum Gasteiger partial charge on any atom is -0.490 e. The number of hydrogen-bond acceptors (Lipinski definition) is 7. The Bertz CT molecular complexity index is 1110. The summed E-state index contributed by atoms with van der Waals surface area (Å²) in [5.41, 5.74) is 2.75. The summed E-state index contributed by atoms with van der Waals surface area (Å²) in [6.45, 7) is 8.30. The predicted molar refractivity (Wildman–Crippen MR) is 128 cm³/mol. The second-order valence-corrected chi connectivity index (χ2v) is 9.04. The van der Waals surface area contributed by atoms with Crippen molar-refractivity contribution in [1.29, 1.82) is 0 Å². The summed E-state index contributed by atoms with van der Waals surface area (Å²) in [5.74, 6) is 1.85. The molecule has 0 aliphatic rings. The molecule has 1 aromatic heterocycles. The van der Waals surface area contributed by atoms with Gasteiger partial charge in [0, 0.05) is 15.1 Å². The average Bonchev–Trinajstić information content (AvgIpc) is 3.09. The minimum atomic E-state index is -0.526. The van der Waals surface area contributed by atoms with E-state index in [1.54, 1.807) is 12.1 Å². The van der Waals surface area contributed by atoms with E-state index in [4.69, 9.17) is 9.47 Å². The fourth-order valence-corrected chi connectivity index (χ4v) is 5.23. The summed E-state index contributed by atoms with van der Waals surface area (Å²) in [6, 6.07) is 11.6. The van der Waals surface area contributed by atoms with Crippen LogP contribution < -0.4 is 9.47 Å². The third-order valence-corrected chi connectivity index (χ3v) is 6.48. The maximum atomic E-state index is 11.5. The molecule has 0 bridgehead atoms. The minimum absolute atomic E-state index is 0.289. The fraction of sp³-hybridized carbons (Fsp3) is 0.364. The van der Waals surface area contributed by atoms with E-state index in [0.29, 0.717) is 40.2 Å². The Hall–Kier alpha value is -2.59. The molecule has 0 unspecified atom stereocenters. The van der Waals surface area contributed by atoms with Gasteiger partial charge in [-0.3, -0.25) is 14.7 Å². The summed E-state index contributed by atoms with van der Waals surface area (Å²) in [6.07, 6.45) is 0. The molecule has 3 rings (SSSR count). The molecule has 0 aliphatic heterocycles. The Morgan fingerprint density at radius 3 is 2.44 bits per heavy atom. The molecule has 1 atom stereocenters. The fourth-order valence-electron chi connectivity index (χ4n) is 3.28. The maximum absolute atomic E-state index is 11.5. The molecule has 0 spiro atoms. The molecular weight excluding hydrogens is 496 g/mol. The molecule has 0 fully saturated rings. The monoisotopic (exact) mass is 520 g/mol. The zero-order valence-electron chi connectivity index (χ0n) is 18.4. The van der Waals surface area contributed by atoms with Crippen LogP contribution in [0.2, 0.25) is 0 Å². The lowest BCUT2D eigenvalue weighted by Crippen LogP contribution is -2.12. The lowest BCUT2D eigenvalue weighted by molar-refractivity contribution is -0.479. The number of rotatable bonds is 10. The third-order valence-electron chi connectivity index (χ3n) is 4.63. The van der Waals surface area contributed by atoms with Crippen LogP contribution in [0.5, 0.6) is 11.5 Å².